The highest BCUT2D eigenvalue weighted by atomic mass is 79.9. The van der Waals surface area contributed by atoms with Gasteiger partial charge < -0.3 is 15.2 Å². The van der Waals surface area contributed by atoms with Gasteiger partial charge >= 0.3 is 0 Å². The minimum Gasteiger partial charge on any atom is -0.504 e. The summed E-state index contributed by atoms with van der Waals surface area (Å²) < 4.78 is 4.99. The third-order valence-electron chi connectivity index (χ3n) is 3.55. The van der Waals surface area contributed by atoms with Gasteiger partial charge in [-0.2, -0.15) is 0 Å². The maximum atomic E-state index is 12.1. The Bertz CT molecular complexity index is 464. The number of alkyl halides is 1. The normalized spacial score (nSPS) is 22.2. The fourth-order valence-corrected chi connectivity index (χ4v) is 3.19. The number of carbonyl (C=O) groups is 1. The lowest BCUT2D eigenvalue weighted by atomic mass is 10.1. The van der Waals surface area contributed by atoms with Crippen LogP contribution in [-0.4, -0.2) is 29.5 Å². The molecule has 0 bridgehead atoms. The molecule has 0 heterocycles. The van der Waals surface area contributed by atoms with Crippen LogP contribution in [0.1, 0.15) is 29.6 Å². The van der Waals surface area contributed by atoms with Gasteiger partial charge in [0.25, 0.3) is 5.91 Å². The molecule has 2 atom stereocenters. The summed E-state index contributed by atoms with van der Waals surface area (Å²) in [6, 6.07) is 4.90. The monoisotopic (exact) mass is 327 g/mol. The van der Waals surface area contributed by atoms with Gasteiger partial charge in [0.1, 0.15) is 0 Å². The Morgan fingerprint density at radius 3 is 2.95 bits per heavy atom. The predicted molar refractivity (Wildman–Crippen MR) is 77.0 cm³/mol. The molecular weight excluding hydrogens is 310 g/mol. The molecule has 5 heteroatoms. The molecule has 2 N–H and O–H groups in total. The minimum atomic E-state index is -0.261. The quantitative estimate of drug-likeness (QED) is 0.836. The molecule has 19 heavy (non-hydrogen) atoms. The zero-order chi connectivity index (χ0) is 13.8. The van der Waals surface area contributed by atoms with Gasteiger partial charge in [0, 0.05) is 11.4 Å². The molecule has 0 spiro atoms. The largest absolute Gasteiger partial charge is 0.504 e. The van der Waals surface area contributed by atoms with Gasteiger partial charge in [-0.25, -0.2) is 0 Å². The SMILES string of the molecule is COc1cccc(C(=O)NCC2CCCC2Br)c1O. The maximum Gasteiger partial charge on any atom is 0.255 e. The number of phenolic OH excluding ortho intramolecular Hbond substituents is 1. The number of ether oxygens (including phenoxy) is 1. The number of nitrogens with one attached hydrogen (secondary N) is 1. The van der Waals surface area contributed by atoms with Crippen LogP contribution in [0.3, 0.4) is 0 Å². The highest BCUT2D eigenvalue weighted by molar-refractivity contribution is 9.09. The zero-order valence-electron chi connectivity index (χ0n) is 10.9. The fraction of sp³-hybridized carbons (Fsp3) is 0.500. The summed E-state index contributed by atoms with van der Waals surface area (Å²) in [5, 5.41) is 12.8. The molecule has 1 aromatic carbocycles. The smallest absolute Gasteiger partial charge is 0.255 e. The highest BCUT2D eigenvalue weighted by Gasteiger charge is 2.25. The number of hydrogen-bond donors (Lipinski definition) is 2. The van der Waals surface area contributed by atoms with Crippen LogP contribution in [0.4, 0.5) is 0 Å². The summed E-state index contributed by atoms with van der Waals surface area (Å²) >= 11 is 3.63. The minimum absolute atomic E-state index is 0.107. The number of benzene rings is 1. The van der Waals surface area contributed by atoms with E-state index in [1.54, 1.807) is 18.2 Å². The van der Waals surface area contributed by atoms with Crippen LogP contribution >= 0.6 is 15.9 Å². The molecule has 1 saturated carbocycles. The Balaban J connectivity index is 2.00. The van der Waals surface area contributed by atoms with E-state index in [0.717, 1.165) is 12.8 Å². The van der Waals surface area contributed by atoms with Crippen molar-refractivity contribution in [1.82, 2.24) is 5.32 Å². The van der Waals surface area contributed by atoms with E-state index in [4.69, 9.17) is 4.74 Å². The average molecular weight is 328 g/mol. The molecule has 1 fully saturated rings. The number of amides is 1. The number of methoxy groups -OCH3 is 1. The van der Waals surface area contributed by atoms with Gasteiger partial charge in [-0.3, -0.25) is 4.79 Å². The number of rotatable bonds is 4. The summed E-state index contributed by atoms with van der Waals surface area (Å²) in [5.41, 5.74) is 0.253. The van der Waals surface area contributed by atoms with Crippen LogP contribution in [0.25, 0.3) is 0 Å². The molecule has 0 aliphatic heterocycles. The summed E-state index contributed by atoms with van der Waals surface area (Å²) in [6.07, 6.45) is 3.48. The number of phenols is 1. The van der Waals surface area contributed by atoms with Crippen molar-refractivity contribution in [2.45, 2.75) is 24.1 Å². The van der Waals surface area contributed by atoms with Crippen molar-refractivity contribution in [3.63, 3.8) is 0 Å². The summed E-state index contributed by atoms with van der Waals surface area (Å²) in [4.78, 5) is 12.5. The van der Waals surface area contributed by atoms with E-state index in [9.17, 15) is 9.90 Å². The number of carbonyl (C=O) groups excluding carboxylic acids is 1. The first-order chi connectivity index (χ1) is 9.13. The molecule has 104 valence electrons. The fourth-order valence-electron chi connectivity index (χ4n) is 2.41. The molecule has 2 rings (SSSR count). The van der Waals surface area contributed by atoms with Crippen LogP contribution < -0.4 is 10.1 Å². The Morgan fingerprint density at radius 2 is 2.32 bits per heavy atom. The van der Waals surface area contributed by atoms with Gasteiger partial charge in [0.15, 0.2) is 11.5 Å². The van der Waals surface area contributed by atoms with E-state index in [2.05, 4.69) is 21.2 Å². The highest BCUT2D eigenvalue weighted by Crippen LogP contribution is 2.32. The van der Waals surface area contributed by atoms with E-state index in [1.807, 2.05) is 0 Å². The van der Waals surface area contributed by atoms with Crippen LogP contribution in [0, 0.1) is 5.92 Å². The first-order valence-corrected chi connectivity index (χ1v) is 7.33. The third kappa shape index (κ3) is 3.21. The number of halogens is 1. The Hall–Kier alpha value is -1.23. The zero-order valence-corrected chi connectivity index (χ0v) is 12.4. The van der Waals surface area contributed by atoms with Crippen LogP contribution in [-0.2, 0) is 0 Å². The molecule has 1 aromatic rings. The van der Waals surface area contributed by atoms with Crippen molar-refractivity contribution in [2.75, 3.05) is 13.7 Å². The lowest BCUT2D eigenvalue weighted by Crippen LogP contribution is -2.31. The second-order valence-electron chi connectivity index (χ2n) is 4.77. The van der Waals surface area contributed by atoms with Crippen molar-refractivity contribution in [3.8, 4) is 11.5 Å². The van der Waals surface area contributed by atoms with Crippen molar-refractivity contribution >= 4 is 21.8 Å². The maximum absolute atomic E-state index is 12.1. The topological polar surface area (TPSA) is 58.6 Å². The Morgan fingerprint density at radius 1 is 1.53 bits per heavy atom. The average Bonchev–Trinajstić information content (AvgIpc) is 2.82. The van der Waals surface area contributed by atoms with Crippen molar-refractivity contribution in [3.05, 3.63) is 23.8 Å². The van der Waals surface area contributed by atoms with E-state index in [0.29, 0.717) is 23.0 Å². The van der Waals surface area contributed by atoms with Crippen LogP contribution in [0.2, 0.25) is 0 Å². The van der Waals surface area contributed by atoms with Gasteiger partial charge in [0.2, 0.25) is 0 Å². The van der Waals surface area contributed by atoms with Gasteiger partial charge in [-0.05, 0) is 30.9 Å². The Labute approximate surface area is 121 Å². The van der Waals surface area contributed by atoms with E-state index in [-0.39, 0.29) is 17.2 Å². The summed E-state index contributed by atoms with van der Waals surface area (Å²) in [5.74, 6) is 0.413. The van der Waals surface area contributed by atoms with E-state index in [1.165, 1.54) is 13.5 Å². The number of para-hydroxylation sites is 1. The van der Waals surface area contributed by atoms with Crippen molar-refractivity contribution in [2.24, 2.45) is 5.92 Å². The van der Waals surface area contributed by atoms with Crippen molar-refractivity contribution in [1.29, 1.82) is 0 Å². The summed E-state index contributed by atoms with van der Waals surface area (Å²) in [6.45, 7) is 0.630. The standard InChI is InChI=1S/C14H18BrNO3/c1-19-12-7-3-5-10(13(12)17)14(18)16-8-9-4-2-6-11(9)15/h3,5,7,9,11,17H,2,4,6,8H2,1H3,(H,16,18). The third-order valence-corrected chi connectivity index (χ3v) is 4.76. The number of hydrogen-bond acceptors (Lipinski definition) is 3. The molecular formula is C14H18BrNO3. The molecule has 1 aliphatic carbocycles. The van der Waals surface area contributed by atoms with Crippen molar-refractivity contribution < 1.29 is 14.6 Å². The lowest BCUT2D eigenvalue weighted by Gasteiger charge is -2.15. The molecule has 1 aliphatic rings. The first kappa shape index (κ1) is 14.2. The van der Waals surface area contributed by atoms with Gasteiger partial charge in [0.05, 0.1) is 12.7 Å². The second-order valence-corrected chi connectivity index (χ2v) is 5.95. The molecule has 1 amide bonds. The van der Waals surface area contributed by atoms with Crippen LogP contribution in [0.15, 0.2) is 18.2 Å². The Kier molecular flexibility index (Phi) is 4.69. The molecule has 4 nitrogen and oxygen atoms in total. The first-order valence-electron chi connectivity index (χ1n) is 6.41. The molecule has 2 unspecified atom stereocenters. The van der Waals surface area contributed by atoms with E-state index >= 15 is 0 Å². The molecule has 0 radical (unpaired) electrons. The number of aromatic hydroxyl groups is 1. The predicted octanol–water partition coefficient (Wildman–Crippen LogP) is 2.69. The van der Waals surface area contributed by atoms with E-state index < -0.39 is 0 Å². The van der Waals surface area contributed by atoms with Gasteiger partial charge in [-0.15, -0.1) is 0 Å². The van der Waals surface area contributed by atoms with Crippen LogP contribution in [0.5, 0.6) is 11.5 Å². The molecule has 0 aromatic heterocycles. The van der Waals surface area contributed by atoms with Gasteiger partial charge in [-0.1, -0.05) is 28.4 Å². The summed E-state index contributed by atoms with van der Waals surface area (Å²) in [7, 11) is 1.46. The lowest BCUT2D eigenvalue weighted by molar-refractivity contribution is 0.0944. The second kappa shape index (κ2) is 6.28. The molecule has 0 saturated heterocycles.